The fourth-order valence-electron chi connectivity index (χ4n) is 4.01. The summed E-state index contributed by atoms with van der Waals surface area (Å²) in [4.78, 5) is 13.1. The van der Waals surface area contributed by atoms with Crippen LogP contribution in [-0.2, 0) is 4.74 Å². The fourth-order valence-corrected chi connectivity index (χ4v) is 4.01. The van der Waals surface area contributed by atoms with E-state index in [0.717, 1.165) is 40.5 Å². The van der Waals surface area contributed by atoms with E-state index in [4.69, 9.17) is 0 Å². The zero-order valence-corrected chi connectivity index (χ0v) is 16.1. The summed E-state index contributed by atoms with van der Waals surface area (Å²) in [7, 11) is 0. The Kier molecular flexibility index (Phi) is 4.96. The maximum Gasteiger partial charge on any atom is 0.345 e. The van der Waals surface area contributed by atoms with Crippen LogP contribution < -0.4 is 5.32 Å². The SMILES string of the molecule is FC(F)OC1CCC(Nc2ncc3c(-c4ccc5nccnc5c4)ccn3n2)CC1. The number of anilines is 1. The smallest absolute Gasteiger partial charge is 0.345 e. The molecule has 0 spiro atoms. The number of alkyl halides is 2. The van der Waals surface area contributed by atoms with E-state index in [2.05, 4.69) is 30.1 Å². The molecule has 9 heteroatoms. The first kappa shape index (κ1) is 18.8. The van der Waals surface area contributed by atoms with Gasteiger partial charge in [-0.25, -0.2) is 9.50 Å². The highest BCUT2D eigenvalue weighted by Crippen LogP contribution is 2.28. The average molecular weight is 410 g/mol. The molecule has 0 unspecified atom stereocenters. The van der Waals surface area contributed by atoms with Gasteiger partial charge in [-0.15, -0.1) is 5.10 Å². The van der Waals surface area contributed by atoms with Crippen LogP contribution in [0.5, 0.6) is 0 Å². The van der Waals surface area contributed by atoms with Crippen molar-refractivity contribution in [2.75, 3.05) is 5.32 Å². The Bertz CT molecular complexity index is 1170. The van der Waals surface area contributed by atoms with Gasteiger partial charge in [-0.3, -0.25) is 9.97 Å². The summed E-state index contributed by atoms with van der Waals surface area (Å²) in [6.45, 7) is -2.71. The molecule has 0 saturated heterocycles. The maximum absolute atomic E-state index is 12.3. The van der Waals surface area contributed by atoms with E-state index in [1.807, 2.05) is 30.5 Å². The Morgan fingerprint density at radius 3 is 2.60 bits per heavy atom. The van der Waals surface area contributed by atoms with Crippen molar-refractivity contribution in [3.8, 4) is 11.1 Å². The Hall–Kier alpha value is -3.20. The molecule has 1 fully saturated rings. The van der Waals surface area contributed by atoms with Gasteiger partial charge in [-0.2, -0.15) is 8.78 Å². The van der Waals surface area contributed by atoms with Gasteiger partial charge < -0.3 is 10.1 Å². The fraction of sp³-hybridized carbons (Fsp3) is 0.333. The van der Waals surface area contributed by atoms with Gasteiger partial charge in [0, 0.05) is 30.2 Å². The lowest BCUT2D eigenvalue weighted by atomic mass is 9.93. The Morgan fingerprint density at radius 1 is 1.00 bits per heavy atom. The number of aromatic nitrogens is 5. The second-order valence-corrected chi connectivity index (χ2v) is 7.42. The number of nitrogens with zero attached hydrogens (tertiary/aromatic N) is 5. The van der Waals surface area contributed by atoms with Crippen molar-refractivity contribution < 1.29 is 13.5 Å². The number of rotatable bonds is 5. The maximum atomic E-state index is 12.3. The van der Waals surface area contributed by atoms with E-state index >= 15 is 0 Å². The Morgan fingerprint density at radius 2 is 1.80 bits per heavy atom. The highest BCUT2D eigenvalue weighted by molar-refractivity contribution is 5.86. The quantitative estimate of drug-likeness (QED) is 0.529. The average Bonchev–Trinajstić information content (AvgIpc) is 3.18. The van der Waals surface area contributed by atoms with Crippen molar-refractivity contribution in [1.29, 1.82) is 0 Å². The molecule has 1 aliphatic carbocycles. The van der Waals surface area contributed by atoms with Gasteiger partial charge in [-0.05, 0) is 49.4 Å². The van der Waals surface area contributed by atoms with Crippen LogP contribution in [0, 0.1) is 0 Å². The van der Waals surface area contributed by atoms with E-state index in [0.29, 0.717) is 18.8 Å². The minimum Gasteiger partial charge on any atom is -0.350 e. The van der Waals surface area contributed by atoms with Crippen LogP contribution in [0.25, 0.3) is 27.7 Å². The van der Waals surface area contributed by atoms with Gasteiger partial charge in [0.1, 0.15) is 0 Å². The zero-order chi connectivity index (χ0) is 20.5. The van der Waals surface area contributed by atoms with Crippen LogP contribution in [0.2, 0.25) is 0 Å². The molecule has 0 bridgehead atoms. The molecule has 0 atom stereocenters. The monoisotopic (exact) mass is 410 g/mol. The summed E-state index contributed by atoms with van der Waals surface area (Å²) < 4.78 is 31.1. The third kappa shape index (κ3) is 3.80. The first-order chi connectivity index (χ1) is 14.7. The van der Waals surface area contributed by atoms with Crippen LogP contribution in [0.4, 0.5) is 14.7 Å². The molecule has 5 rings (SSSR count). The number of fused-ring (bicyclic) bond motifs is 2. The minimum atomic E-state index is -2.71. The van der Waals surface area contributed by atoms with Crippen LogP contribution >= 0.6 is 0 Å². The number of hydrogen-bond donors (Lipinski definition) is 1. The molecule has 3 aromatic heterocycles. The highest BCUT2D eigenvalue weighted by atomic mass is 19.3. The van der Waals surface area contributed by atoms with E-state index in [-0.39, 0.29) is 12.1 Å². The molecule has 1 N–H and O–H groups in total. The van der Waals surface area contributed by atoms with Crippen LogP contribution in [0.3, 0.4) is 0 Å². The normalized spacial score (nSPS) is 19.6. The van der Waals surface area contributed by atoms with Gasteiger partial charge in [-0.1, -0.05) is 6.07 Å². The third-order valence-electron chi connectivity index (χ3n) is 5.50. The molecular formula is C21H20F2N6O. The molecular weight excluding hydrogens is 390 g/mol. The van der Waals surface area contributed by atoms with Crippen molar-refractivity contribution in [3.63, 3.8) is 0 Å². The summed E-state index contributed by atoms with van der Waals surface area (Å²) in [6.07, 6.45) is 9.36. The summed E-state index contributed by atoms with van der Waals surface area (Å²) >= 11 is 0. The number of nitrogens with one attached hydrogen (secondary N) is 1. The van der Waals surface area contributed by atoms with E-state index in [1.165, 1.54) is 0 Å². The van der Waals surface area contributed by atoms with Gasteiger partial charge in [0.2, 0.25) is 5.95 Å². The molecule has 0 radical (unpaired) electrons. The first-order valence-corrected chi connectivity index (χ1v) is 9.91. The van der Waals surface area contributed by atoms with Crippen LogP contribution in [0.15, 0.2) is 49.1 Å². The van der Waals surface area contributed by atoms with Crippen LogP contribution in [-0.4, -0.2) is 43.3 Å². The summed E-state index contributed by atoms with van der Waals surface area (Å²) in [5.74, 6) is 0.521. The lowest BCUT2D eigenvalue weighted by molar-refractivity contribution is -0.169. The molecule has 3 heterocycles. The summed E-state index contributed by atoms with van der Waals surface area (Å²) in [6, 6.07) is 8.11. The number of hydrogen-bond acceptors (Lipinski definition) is 6. The molecule has 1 saturated carbocycles. The Labute approximate surface area is 171 Å². The molecule has 154 valence electrons. The van der Waals surface area contributed by atoms with E-state index in [1.54, 1.807) is 23.1 Å². The van der Waals surface area contributed by atoms with Gasteiger partial charge in [0.15, 0.2) is 0 Å². The Balaban J connectivity index is 1.33. The molecule has 1 aliphatic rings. The van der Waals surface area contributed by atoms with Crippen molar-refractivity contribution in [2.24, 2.45) is 0 Å². The molecule has 30 heavy (non-hydrogen) atoms. The highest BCUT2D eigenvalue weighted by Gasteiger charge is 2.24. The first-order valence-electron chi connectivity index (χ1n) is 9.91. The van der Waals surface area contributed by atoms with E-state index in [9.17, 15) is 8.78 Å². The summed E-state index contributed by atoms with van der Waals surface area (Å²) in [5.41, 5.74) is 4.60. The molecule has 0 aliphatic heterocycles. The topological polar surface area (TPSA) is 77.2 Å². The van der Waals surface area contributed by atoms with Gasteiger partial charge in [0.05, 0.1) is 28.9 Å². The third-order valence-corrected chi connectivity index (χ3v) is 5.50. The molecule has 0 amide bonds. The predicted octanol–water partition coefficient (Wildman–Crippen LogP) is 4.30. The zero-order valence-electron chi connectivity index (χ0n) is 16.1. The number of halogens is 2. The number of ether oxygens (including phenoxy) is 1. The minimum absolute atomic E-state index is 0.147. The molecule has 4 aromatic rings. The van der Waals surface area contributed by atoms with Crippen molar-refractivity contribution in [2.45, 2.75) is 44.4 Å². The second kappa shape index (κ2) is 7.91. The lowest BCUT2D eigenvalue weighted by Crippen LogP contribution is -2.31. The lowest BCUT2D eigenvalue weighted by Gasteiger charge is -2.28. The largest absolute Gasteiger partial charge is 0.350 e. The molecule has 7 nitrogen and oxygen atoms in total. The summed E-state index contributed by atoms with van der Waals surface area (Å²) in [5, 5.41) is 7.88. The van der Waals surface area contributed by atoms with Gasteiger partial charge >= 0.3 is 6.61 Å². The van der Waals surface area contributed by atoms with Crippen LogP contribution in [0.1, 0.15) is 25.7 Å². The van der Waals surface area contributed by atoms with Crippen molar-refractivity contribution in [1.82, 2.24) is 24.6 Å². The molecule has 1 aromatic carbocycles. The number of benzene rings is 1. The van der Waals surface area contributed by atoms with E-state index < -0.39 is 6.61 Å². The van der Waals surface area contributed by atoms with Gasteiger partial charge in [0.25, 0.3) is 0 Å². The second-order valence-electron chi connectivity index (χ2n) is 7.42. The predicted molar refractivity (Wildman–Crippen MR) is 108 cm³/mol. The van der Waals surface area contributed by atoms with Crippen molar-refractivity contribution >= 4 is 22.5 Å². The standard InChI is InChI=1S/C21H20F2N6O/c22-20(23)30-15-4-2-14(3-5-15)27-21-26-12-19-16(7-10-29(19)28-21)13-1-6-17-18(11-13)25-9-8-24-17/h1,6-12,14-15,20H,2-5H2,(H,27,28). The van der Waals surface area contributed by atoms with Crippen molar-refractivity contribution in [3.05, 3.63) is 49.1 Å².